The SMILES string of the molecule is CCOC(=O)N(c1cccc(C(F)(F)F)c1)c1c(CC)noc1-c1ccc(-c2ccc(C3(C(=O)OCC)CC3)cc2)cc1. The summed E-state index contributed by atoms with van der Waals surface area (Å²) in [5.74, 6) is 0.0257. The van der Waals surface area contributed by atoms with Crippen molar-refractivity contribution in [3.63, 3.8) is 0 Å². The van der Waals surface area contributed by atoms with Crippen LogP contribution < -0.4 is 4.90 Å². The van der Waals surface area contributed by atoms with Crippen molar-refractivity contribution in [1.82, 2.24) is 5.16 Å². The zero-order chi connectivity index (χ0) is 30.8. The van der Waals surface area contributed by atoms with Crippen molar-refractivity contribution in [2.45, 2.75) is 51.6 Å². The predicted molar refractivity (Wildman–Crippen MR) is 155 cm³/mol. The molecule has 1 heterocycles. The first-order valence-electron chi connectivity index (χ1n) is 14.1. The second-order valence-electron chi connectivity index (χ2n) is 10.2. The number of carbonyl (C=O) groups is 2. The molecule has 1 aromatic heterocycles. The van der Waals surface area contributed by atoms with Gasteiger partial charge in [-0.3, -0.25) is 4.79 Å². The van der Waals surface area contributed by atoms with Crippen molar-refractivity contribution < 1.29 is 36.8 Å². The fraction of sp³-hybridized carbons (Fsp3) is 0.303. The minimum atomic E-state index is -4.60. The van der Waals surface area contributed by atoms with Gasteiger partial charge in [-0.2, -0.15) is 13.2 Å². The molecule has 0 atom stereocenters. The van der Waals surface area contributed by atoms with Crippen molar-refractivity contribution in [3.8, 4) is 22.5 Å². The first-order valence-corrected chi connectivity index (χ1v) is 14.1. The number of rotatable bonds is 9. The van der Waals surface area contributed by atoms with Crippen molar-refractivity contribution in [2.24, 2.45) is 0 Å². The second-order valence-corrected chi connectivity index (χ2v) is 10.2. The highest BCUT2D eigenvalue weighted by molar-refractivity contribution is 6.00. The van der Waals surface area contributed by atoms with Gasteiger partial charge >= 0.3 is 18.2 Å². The van der Waals surface area contributed by atoms with Gasteiger partial charge in [0.05, 0.1) is 29.9 Å². The number of carbonyl (C=O) groups excluding carboxylic acids is 2. The summed E-state index contributed by atoms with van der Waals surface area (Å²) in [4.78, 5) is 26.7. The van der Waals surface area contributed by atoms with E-state index in [2.05, 4.69) is 5.16 Å². The second kappa shape index (κ2) is 11.9. The number of esters is 1. The number of hydrogen-bond donors (Lipinski definition) is 0. The summed E-state index contributed by atoms with van der Waals surface area (Å²) in [5.41, 5.74) is 2.44. The maximum absolute atomic E-state index is 13.6. The maximum Gasteiger partial charge on any atom is 0.419 e. The number of hydrogen-bond acceptors (Lipinski definition) is 6. The van der Waals surface area contributed by atoms with E-state index in [0.29, 0.717) is 24.3 Å². The molecule has 0 spiro atoms. The Morgan fingerprint density at radius 3 is 2.05 bits per heavy atom. The number of anilines is 2. The highest BCUT2D eigenvalue weighted by Gasteiger charge is 2.52. The Morgan fingerprint density at radius 2 is 1.49 bits per heavy atom. The van der Waals surface area contributed by atoms with Crippen molar-refractivity contribution in [1.29, 1.82) is 0 Å². The third-order valence-corrected chi connectivity index (χ3v) is 7.51. The molecule has 0 bridgehead atoms. The molecule has 1 fully saturated rings. The Morgan fingerprint density at radius 1 is 0.884 bits per heavy atom. The van der Waals surface area contributed by atoms with Gasteiger partial charge in [-0.15, -0.1) is 0 Å². The van der Waals surface area contributed by atoms with Gasteiger partial charge in [-0.05, 0) is 68.0 Å². The standard InChI is InChI=1S/C33H31F3N2O5/c1-4-27-28(38(31(40)42-6-3)26-9-7-8-25(20-26)33(34,35)36)29(43-37-27)23-12-10-21(11-13-23)22-14-16-24(17-15-22)32(18-19-32)30(39)41-5-2/h7-17,20H,4-6,18-19H2,1-3H3. The number of nitrogens with zero attached hydrogens (tertiary/aromatic N) is 2. The van der Waals surface area contributed by atoms with Gasteiger partial charge in [-0.1, -0.05) is 66.7 Å². The van der Waals surface area contributed by atoms with Crippen LogP contribution in [0.3, 0.4) is 0 Å². The van der Waals surface area contributed by atoms with E-state index in [1.54, 1.807) is 32.9 Å². The van der Waals surface area contributed by atoms with Gasteiger partial charge in [0.15, 0.2) is 5.76 Å². The van der Waals surface area contributed by atoms with Crippen LogP contribution in [0.2, 0.25) is 0 Å². The van der Waals surface area contributed by atoms with Crippen LogP contribution in [0.5, 0.6) is 0 Å². The Balaban J connectivity index is 1.49. The molecular weight excluding hydrogens is 561 g/mol. The average Bonchev–Trinajstić information content (AvgIpc) is 3.72. The number of amides is 1. The van der Waals surface area contributed by atoms with Crippen molar-refractivity contribution in [3.05, 3.63) is 89.6 Å². The molecule has 43 heavy (non-hydrogen) atoms. The van der Waals surface area contributed by atoms with Gasteiger partial charge in [-0.25, -0.2) is 9.69 Å². The molecule has 1 aliphatic carbocycles. The maximum atomic E-state index is 13.6. The number of aromatic nitrogens is 1. The molecule has 0 aliphatic heterocycles. The number of ether oxygens (including phenoxy) is 2. The Labute approximate surface area is 247 Å². The van der Waals surface area contributed by atoms with E-state index in [-0.39, 0.29) is 29.7 Å². The highest BCUT2D eigenvalue weighted by atomic mass is 19.4. The molecule has 1 amide bonds. The summed E-state index contributed by atoms with van der Waals surface area (Å²) >= 11 is 0. The third-order valence-electron chi connectivity index (χ3n) is 7.51. The minimum Gasteiger partial charge on any atom is -0.465 e. The lowest BCUT2D eigenvalue weighted by atomic mass is 9.93. The molecular formula is C33H31F3N2O5. The molecule has 0 radical (unpaired) electrons. The molecule has 10 heteroatoms. The number of alkyl halides is 3. The van der Waals surface area contributed by atoms with Crippen molar-refractivity contribution in [2.75, 3.05) is 18.1 Å². The summed E-state index contributed by atoms with van der Waals surface area (Å²) in [6.45, 7) is 5.58. The predicted octanol–water partition coefficient (Wildman–Crippen LogP) is 8.48. The molecule has 3 aromatic carbocycles. The zero-order valence-electron chi connectivity index (χ0n) is 24.0. The lowest BCUT2D eigenvalue weighted by Crippen LogP contribution is -2.28. The summed E-state index contributed by atoms with van der Waals surface area (Å²) in [5, 5.41) is 4.13. The van der Waals surface area contributed by atoms with Gasteiger partial charge in [0.1, 0.15) is 11.4 Å². The lowest BCUT2D eigenvalue weighted by Gasteiger charge is -2.23. The van der Waals surface area contributed by atoms with Crippen LogP contribution in [0, 0.1) is 0 Å². The fourth-order valence-electron chi connectivity index (χ4n) is 5.11. The molecule has 0 unspecified atom stereocenters. The van der Waals surface area contributed by atoms with Crippen LogP contribution in [0.4, 0.5) is 29.3 Å². The van der Waals surface area contributed by atoms with Crippen molar-refractivity contribution >= 4 is 23.4 Å². The van der Waals surface area contributed by atoms with Crippen LogP contribution >= 0.6 is 0 Å². The van der Waals surface area contributed by atoms with Crippen LogP contribution in [0.25, 0.3) is 22.5 Å². The summed E-state index contributed by atoms with van der Waals surface area (Å²) < 4.78 is 56.9. The van der Waals surface area contributed by atoms with E-state index >= 15 is 0 Å². The molecule has 1 aliphatic rings. The Hall–Kier alpha value is -4.60. The summed E-state index contributed by atoms with van der Waals surface area (Å²) in [6.07, 6.45) is -3.57. The minimum absolute atomic E-state index is 0.0186. The molecule has 0 N–H and O–H groups in total. The van der Waals surface area contributed by atoms with Gasteiger partial charge < -0.3 is 14.0 Å². The molecule has 7 nitrogen and oxygen atoms in total. The normalized spacial score (nSPS) is 13.8. The van der Waals surface area contributed by atoms with Crippen LogP contribution in [0.1, 0.15) is 50.4 Å². The average molecular weight is 593 g/mol. The molecule has 224 valence electrons. The van der Waals surface area contributed by atoms with E-state index in [4.69, 9.17) is 14.0 Å². The van der Waals surface area contributed by atoms with Crippen LogP contribution in [-0.2, 0) is 32.3 Å². The molecule has 1 saturated carbocycles. The first kappa shape index (κ1) is 29.9. The van der Waals surface area contributed by atoms with E-state index in [9.17, 15) is 22.8 Å². The van der Waals surface area contributed by atoms with Crippen LogP contribution in [-0.4, -0.2) is 30.4 Å². The lowest BCUT2D eigenvalue weighted by molar-refractivity contribution is -0.146. The molecule has 0 saturated heterocycles. The third kappa shape index (κ3) is 5.86. The van der Waals surface area contributed by atoms with Crippen LogP contribution in [0.15, 0.2) is 77.3 Å². The smallest absolute Gasteiger partial charge is 0.419 e. The first-order chi connectivity index (χ1) is 20.6. The number of aryl methyl sites for hydroxylation is 1. The Bertz CT molecular complexity index is 1610. The quantitative estimate of drug-likeness (QED) is 0.181. The van der Waals surface area contributed by atoms with E-state index < -0.39 is 23.2 Å². The van der Waals surface area contributed by atoms with E-state index in [1.807, 2.05) is 36.4 Å². The summed E-state index contributed by atoms with van der Waals surface area (Å²) in [7, 11) is 0. The van der Waals surface area contributed by atoms with E-state index in [0.717, 1.165) is 46.6 Å². The highest BCUT2D eigenvalue weighted by Crippen LogP contribution is 2.49. The Kier molecular flexibility index (Phi) is 8.30. The van der Waals surface area contributed by atoms with E-state index in [1.165, 1.54) is 12.1 Å². The number of benzene rings is 3. The summed E-state index contributed by atoms with van der Waals surface area (Å²) in [6, 6.07) is 19.6. The topological polar surface area (TPSA) is 81.9 Å². The molecule has 5 rings (SSSR count). The largest absolute Gasteiger partial charge is 0.465 e. The van der Waals surface area contributed by atoms with Gasteiger partial charge in [0, 0.05) is 5.56 Å². The van der Waals surface area contributed by atoms with Gasteiger partial charge in [0.2, 0.25) is 0 Å². The van der Waals surface area contributed by atoms with Gasteiger partial charge in [0.25, 0.3) is 0 Å². The zero-order valence-corrected chi connectivity index (χ0v) is 24.0. The molecule has 4 aromatic rings. The monoisotopic (exact) mass is 592 g/mol. The fourth-order valence-corrected chi connectivity index (χ4v) is 5.11. The number of halogens is 3.